The number of hydrogen-bond acceptors (Lipinski definition) is 3. The summed E-state index contributed by atoms with van der Waals surface area (Å²) in [7, 11) is 0. The van der Waals surface area contributed by atoms with E-state index in [0.29, 0.717) is 5.39 Å². The summed E-state index contributed by atoms with van der Waals surface area (Å²) < 4.78 is 4.78. The highest BCUT2D eigenvalue weighted by Gasteiger charge is 2.00. The van der Waals surface area contributed by atoms with Gasteiger partial charge in [-0.1, -0.05) is 6.07 Å². The van der Waals surface area contributed by atoms with Crippen molar-refractivity contribution in [1.82, 2.24) is 0 Å². The predicted octanol–water partition coefficient (Wildman–Crippen LogP) is 2.66. The van der Waals surface area contributed by atoms with E-state index in [4.69, 9.17) is 4.42 Å². The van der Waals surface area contributed by atoms with Gasteiger partial charge in [0.2, 0.25) is 0 Å². The molecule has 3 heteroatoms. The fourth-order valence-corrected chi connectivity index (χ4v) is 1.94. The minimum atomic E-state index is -0.266. The Bertz CT molecular complexity index is 502. The summed E-state index contributed by atoms with van der Waals surface area (Å²) in [5, 5.41) is 1.60. The van der Waals surface area contributed by atoms with E-state index < -0.39 is 0 Å². The molecule has 14 heavy (non-hydrogen) atoms. The first-order valence-electron chi connectivity index (χ1n) is 4.30. The van der Waals surface area contributed by atoms with Gasteiger partial charge in [0.05, 0.1) is 11.6 Å². The van der Waals surface area contributed by atoms with Crippen molar-refractivity contribution in [3.8, 4) is 0 Å². The van der Waals surface area contributed by atoms with E-state index in [9.17, 15) is 4.79 Å². The molecule has 0 spiro atoms. The van der Waals surface area contributed by atoms with Gasteiger partial charge in [-0.15, -0.1) is 0 Å². The Labute approximate surface area is 85.9 Å². The topological polar surface area (TPSA) is 30.2 Å². The number of rotatable bonds is 2. The van der Waals surface area contributed by atoms with Gasteiger partial charge in [-0.05, 0) is 35.4 Å². The summed E-state index contributed by atoms with van der Waals surface area (Å²) in [5.41, 5.74) is 0.966. The first-order chi connectivity index (χ1) is 6.81. The van der Waals surface area contributed by atoms with Crippen LogP contribution in [0.1, 0.15) is 5.56 Å². The molecule has 0 aliphatic heterocycles. The number of thioether (sulfide) groups is 1. The van der Waals surface area contributed by atoms with Gasteiger partial charge < -0.3 is 4.42 Å². The third kappa shape index (κ3) is 1.68. The molecule has 0 unspecified atom stereocenters. The Morgan fingerprint density at radius 2 is 2.21 bits per heavy atom. The molecule has 1 aromatic carbocycles. The largest absolute Gasteiger partial charge is 0.431 e. The van der Waals surface area contributed by atoms with Gasteiger partial charge in [-0.2, -0.15) is 11.8 Å². The second-order valence-corrected chi connectivity index (χ2v) is 3.93. The fraction of sp³-hybridized carbons (Fsp3) is 0.182. The van der Waals surface area contributed by atoms with Crippen LogP contribution in [0, 0.1) is 0 Å². The molecule has 0 bridgehead atoms. The van der Waals surface area contributed by atoms with Gasteiger partial charge in [-0.3, -0.25) is 0 Å². The highest BCUT2D eigenvalue weighted by Crippen LogP contribution is 2.15. The maximum absolute atomic E-state index is 11.3. The van der Waals surface area contributed by atoms with E-state index in [-0.39, 0.29) is 5.63 Å². The van der Waals surface area contributed by atoms with Crippen LogP contribution in [0.3, 0.4) is 0 Å². The van der Waals surface area contributed by atoms with Crippen LogP contribution in [0.4, 0.5) is 0 Å². The second-order valence-electron chi connectivity index (χ2n) is 3.06. The SMILES string of the molecule is CSCc1ccc2c(=O)occc2c1. The zero-order valence-corrected chi connectivity index (χ0v) is 8.64. The van der Waals surface area contributed by atoms with Crippen molar-refractivity contribution >= 4 is 22.5 Å². The Balaban J connectivity index is 2.61. The van der Waals surface area contributed by atoms with E-state index >= 15 is 0 Å². The molecular weight excluding hydrogens is 196 g/mol. The van der Waals surface area contributed by atoms with Crippen LogP contribution in [0.25, 0.3) is 10.8 Å². The molecule has 2 nitrogen and oxygen atoms in total. The van der Waals surface area contributed by atoms with Crippen molar-refractivity contribution in [3.63, 3.8) is 0 Å². The molecule has 2 rings (SSSR count). The van der Waals surface area contributed by atoms with Gasteiger partial charge in [-0.25, -0.2) is 4.79 Å². The zero-order chi connectivity index (χ0) is 9.97. The molecule has 1 heterocycles. The molecular formula is C11H10O2S. The molecule has 0 saturated heterocycles. The zero-order valence-electron chi connectivity index (χ0n) is 7.82. The molecule has 0 aliphatic carbocycles. The monoisotopic (exact) mass is 206 g/mol. The number of hydrogen-bond donors (Lipinski definition) is 0. The standard InChI is InChI=1S/C11H10O2S/c1-14-7-8-2-3-10-9(6-8)4-5-13-11(10)12/h2-6H,7H2,1H3. The van der Waals surface area contributed by atoms with Crippen LogP contribution in [0.15, 0.2) is 39.7 Å². The third-order valence-corrected chi connectivity index (χ3v) is 2.69. The molecule has 2 aromatic rings. The molecule has 72 valence electrons. The molecule has 0 aliphatic rings. The normalized spacial score (nSPS) is 10.6. The van der Waals surface area contributed by atoms with Crippen LogP contribution >= 0.6 is 11.8 Å². The lowest BCUT2D eigenvalue weighted by Crippen LogP contribution is -1.97. The quantitative estimate of drug-likeness (QED) is 0.756. The lowest BCUT2D eigenvalue weighted by atomic mass is 10.1. The van der Waals surface area contributed by atoms with Crippen LogP contribution < -0.4 is 5.63 Å². The van der Waals surface area contributed by atoms with Crippen molar-refractivity contribution in [1.29, 1.82) is 0 Å². The van der Waals surface area contributed by atoms with Crippen LogP contribution in [-0.2, 0) is 5.75 Å². The molecule has 0 amide bonds. The smallest absolute Gasteiger partial charge is 0.343 e. The highest BCUT2D eigenvalue weighted by atomic mass is 32.2. The molecule has 0 atom stereocenters. The molecule has 0 radical (unpaired) electrons. The van der Waals surface area contributed by atoms with Gasteiger partial charge in [0.15, 0.2) is 0 Å². The van der Waals surface area contributed by atoms with Crippen molar-refractivity contribution < 1.29 is 4.42 Å². The van der Waals surface area contributed by atoms with E-state index in [1.165, 1.54) is 11.8 Å². The van der Waals surface area contributed by atoms with Crippen LogP contribution in [0.2, 0.25) is 0 Å². The second kappa shape index (κ2) is 3.88. The maximum Gasteiger partial charge on any atom is 0.343 e. The van der Waals surface area contributed by atoms with E-state index in [1.807, 2.05) is 24.3 Å². The predicted molar refractivity (Wildman–Crippen MR) is 59.7 cm³/mol. The Morgan fingerprint density at radius 1 is 1.36 bits per heavy atom. The summed E-state index contributed by atoms with van der Waals surface area (Å²) >= 11 is 1.77. The molecule has 0 saturated carbocycles. The van der Waals surface area contributed by atoms with E-state index in [1.54, 1.807) is 11.8 Å². The average Bonchev–Trinajstić information content (AvgIpc) is 2.18. The maximum atomic E-state index is 11.3. The minimum absolute atomic E-state index is 0.266. The fourth-order valence-electron chi connectivity index (χ4n) is 1.43. The molecule has 0 fully saturated rings. The first kappa shape index (κ1) is 9.34. The average molecular weight is 206 g/mol. The summed E-state index contributed by atoms with van der Waals surface area (Å²) in [5.74, 6) is 0.968. The van der Waals surface area contributed by atoms with E-state index in [2.05, 4.69) is 6.26 Å². The Hall–Kier alpha value is -1.22. The number of fused-ring (bicyclic) bond motifs is 1. The van der Waals surface area contributed by atoms with Crippen molar-refractivity contribution in [2.24, 2.45) is 0 Å². The van der Waals surface area contributed by atoms with Gasteiger partial charge >= 0.3 is 5.63 Å². The first-order valence-corrected chi connectivity index (χ1v) is 5.70. The summed E-state index contributed by atoms with van der Waals surface area (Å²) in [6.45, 7) is 0. The Morgan fingerprint density at radius 3 is 3.00 bits per heavy atom. The van der Waals surface area contributed by atoms with Crippen molar-refractivity contribution in [2.75, 3.05) is 6.26 Å². The molecule has 0 N–H and O–H groups in total. The molecule has 1 aromatic heterocycles. The number of benzene rings is 1. The lowest BCUT2D eigenvalue weighted by Gasteiger charge is -2.00. The van der Waals surface area contributed by atoms with Gasteiger partial charge in [0.1, 0.15) is 0 Å². The van der Waals surface area contributed by atoms with Crippen molar-refractivity contribution in [2.45, 2.75) is 5.75 Å². The summed E-state index contributed by atoms with van der Waals surface area (Å²) in [6.07, 6.45) is 3.50. The van der Waals surface area contributed by atoms with Gasteiger partial charge in [0, 0.05) is 5.75 Å². The minimum Gasteiger partial charge on any atom is -0.431 e. The summed E-state index contributed by atoms with van der Waals surface area (Å²) in [6, 6.07) is 7.64. The lowest BCUT2D eigenvalue weighted by molar-refractivity contribution is 0.519. The van der Waals surface area contributed by atoms with Crippen LogP contribution in [-0.4, -0.2) is 6.26 Å². The van der Waals surface area contributed by atoms with Crippen LogP contribution in [0.5, 0.6) is 0 Å². The highest BCUT2D eigenvalue weighted by molar-refractivity contribution is 7.97. The Kier molecular flexibility index (Phi) is 2.59. The van der Waals surface area contributed by atoms with E-state index in [0.717, 1.165) is 11.1 Å². The van der Waals surface area contributed by atoms with Crippen molar-refractivity contribution in [3.05, 3.63) is 46.5 Å². The third-order valence-electron chi connectivity index (χ3n) is 2.07. The summed E-state index contributed by atoms with van der Waals surface area (Å²) in [4.78, 5) is 11.3. The van der Waals surface area contributed by atoms with Gasteiger partial charge in [0.25, 0.3) is 0 Å².